The zero-order chi connectivity index (χ0) is 26.2. The third-order valence-corrected chi connectivity index (χ3v) is 7.20. The van der Waals surface area contributed by atoms with E-state index in [0.29, 0.717) is 54.8 Å². The van der Waals surface area contributed by atoms with Crippen LogP contribution in [0.3, 0.4) is 0 Å². The Labute approximate surface area is 219 Å². The predicted molar refractivity (Wildman–Crippen MR) is 141 cm³/mol. The summed E-state index contributed by atoms with van der Waals surface area (Å²) in [6.45, 7) is 5.78. The average Bonchev–Trinajstić information content (AvgIpc) is 3.72. The first-order valence-electron chi connectivity index (χ1n) is 12.7. The quantitative estimate of drug-likeness (QED) is 0.498. The summed E-state index contributed by atoms with van der Waals surface area (Å²) >= 11 is 0. The number of Topliss-reactive ketones (excluding diaryl/α,β-unsaturated/α-hetero) is 1. The van der Waals surface area contributed by atoms with E-state index in [0.717, 1.165) is 24.7 Å². The molecule has 1 unspecified atom stereocenters. The van der Waals surface area contributed by atoms with Crippen LogP contribution in [0.2, 0.25) is 0 Å². The molecule has 1 aromatic carbocycles. The standard InChI is InChI=1S/C26H29N9O3/c1-17-30-16-35(31-17)24-22-21(20(38-2)15-29-24)19(14-28-22)23(36)25(37)32-10-12-33(13-11-32)26-27-8-9-34(26)18-6-4-3-5-7-18/h3-7,15-16,19,28H,8-14H2,1-2H3. The molecule has 1 atom stereocenters. The first-order chi connectivity index (χ1) is 18.5. The summed E-state index contributed by atoms with van der Waals surface area (Å²) in [5.74, 6) is 0.890. The van der Waals surface area contributed by atoms with Crippen LogP contribution >= 0.6 is 0 Å². The van der Waals surface area contributed by atoms with Crippen molar-refractivity contribution in [2.45, 2.75) is 12.8 Å². The lowest BCUT2D eigenvalue weighted by Gasteiger charge is -2.38. The number of fused-ring (bicyclic) bond motifs is 1. The lowest BCUT2D eigenvalue weighted by atomic mass is 9.95. The Bertz CT molecular complexity index is 1400. The number of aliphatic imine (C=N–C) groups is 1. The van der Waals surface area contributed by atoms with Gasteiger partial charge >= 0.3 is 0 Å². The maximum absolute atomic E-state index is 13.5. The number of para-hydroxylation sites is 1. The summed E-state index contributed by atoms with van der Waals surface area (Å²) in [4.78, 5) is 46.3. The van der Waals surface area contributed by atoms with Gasteiger partial charge in [-0.3, -0.25) is 14.6 Å². The fourth-order valence-corrected chi connectivity index (χ4v) is 5.30. The highest BCUT2D eigenvalue weighted by Crippen LogP contribution is 2.41. The number of benzene rings is 1. The minimum absolute atomic E-state index is 0.283. The number of anilines is 2. The fraction of sp³-hybridized carbons (Fsp3) is 0.385. The van der Waals surface area contributed by atoms with Crippen molar-refractivity contribution in [2.75, 3.05) is 63.1 Å². The van der Waals surface area contributed by atoms with E-state index in [1.165, 1.54) is 7.11 Å². The summed E-state index contributed by atoms with van der Waals surface area (Å²) in [7, 11) is 1.53. The summed E-state index contributed by atoms with van der Waals surface area (Å²) < 4.78 is 7.08. The second kappa shape index (κ2) is 9.77. The van der Waals surface area contributed by atoms with Crippen LogP contribution in [0.15, 0.2) is 47.8 Å². The number of aryl methyl sites for hydroxylation is 1. The first kappa shape index (κ1) is 23.9. The number of aromatic nitrogens is 4. The van der Waals surface area contributed by atoms with Crippen molar-refractivity contribution in [2.24, 2.45) is 4.99 Å². The molecule has 12 nitrogen and oxygen atoms in total. The van der Waals surface area contributed by atoms with Crippen molar-refractivity contribution >= 4 is 29.0 Å². The van der Waals surface area contributed by atoms with Gasteiger partial charge in [-0.05, 0) is 19.1 Å². The second-order valence-electron chi connectivity index (χ2n) is 9.42. The molecule has 0 aliphatic carbocycles. The van der Waals surface area contributed by atoms with Gasteiger partial charge in [0.25, 0.3) is 5.91 Å². The number of nitrogens with one attached hydrogen (secondary N) is 1. The van der Waals surface area contributed by atoms with Gasteiger partial charge in [0, 0.05) is 50.5 Å². The number of piperazine rings is 1. The molecule has 0 spiro atoms. The molecule has 1 fully saturated rings. The number of ether oxygens (including phenoxy) is 1. The van der Waals surface area contributed by atoms with Gasteiger partial charge in [-0.2, -0.15) is 5.10 Å². The van der Waals surface area contributed by atoms with Gasteiger partial charge in [-0.1, -0.05) is 18.2 Å². The highest BCUT2D eigenvalue weighted by molar-refractivity contribution is 6.38. The number of pyridine rings is 1. The zero-order valence-corrected chi connectivity index (χ0v) is 21.4. The van der Waals surface area contributed by atoms with Crippen LogP contribution in [0.1, 0.15) is 17.3 Å². The van der Waals surface area contributed by atoms with Gasteiger partial charge in [0.05, 0.1) is 31.5 Å². The Hall–Kier alpha value is -4.48. The van der Waals surface area contributed by atoms with E-state index in [2.05, 4.69) is 42.3 Å². The Morgan fingerprint density at radius 3 is 2.55 bits per heavy atom. The molecular weight excluding hydrogens is 486 g/mol. The molecule has 1 N–H and O–H groups in total. The molecule has 5 heterocycles. The fourth-order valence-electron chi connectivity index (χ4n) is 5.30. The van der Waals surface area contributed by atoms with E-state index in [1.807, 2.05) is 18.2 Å². The SMILES string of the molecule is COc1cnc(-n2cnc(C)n2)c2c1C(C(=O)C(=O)N1CCN(C3=NCCN3c3ccccc3)CC1)CN2. The van der Waals surface area contributed by atoms with E-state index in [-0.39, 0.29) is 6.54 Å². The molecule has 0 saturated carbocycles. The number of carbonyl (C=O) groups is 2. The number of carbonyl (C=O) groups excluding carboxylic acids is 2. The summed E-state index contributed by atoms with van der Waals surface area (Å²) in [5.41, 5.74) is 2.36. The molecule has 3 aliphatic heterocycles. The molecule has 0 bridgehead atoms. The highest BCUT2D eigenvalue weighted by Gasteiger charge is 2.40. The summed E-state index contributed by atoms with van der Waals surface area (Å²) in [6.07, 6.45) is 3.13. The number of rotatable bonds is 5. The van der Waals surface area contributed by atoms with E-state index in [4.69, 9.17) is 9.73 Å². The van der Waals surface area contributed by atoms with Gasteiger partial charge in [0.2, 0.25) is 11.7 Å². The van der Waals surface area contributed by atoms with Crippen LogP contribution in [0.5, 0.6) is 5.75 Å². The van der Waals surface area contributed by atoms with E-state index >= 15 is 0 Å². The number of ketones is 1. The lowest BCUT2D eigenvalue weighted by Crippen LogP contribution is -2.55. The van der Waals surface area contributed by atoms with Gasteiger partial charge in [-0.15, -0.1) is 0 Å². The molecule has 3 aliphatic rings. The van der Waals surface area contributed by atoms with Crippen LogP contribution in [0, 0.1) is 6.92 Å². The topological polar surface area (TPSA) is 121 Å². The molecule has 3 aromatic rings. The number of amides is 1. The molecule has 0 radical (unpaired) electrons. The number of hydrogen-bond donors (Lipinski definition) is 1. The largest absolute Gasteiger partial charge is 0.495 e. The van der Waals surface area contributed by atoms with Crippen LogP contribution in [0.25, 0.3) is 5.82 Å². The molecular formula is C26H29N9O3. The molecule has 6 rings (SSSR count). The van der Waals surface area contributed by atoms with Crippen molar-refractivity contribution in [3.05, 3.63) is 54.2 Å². The third kappa shape index (κ3) is 4.11. The minimum Gasteiger partial charge on any atom is -0.495 e. The van der Waals surface area contributed by atoms with Crippen LogP contribution < -0.4 is 15.0 Å². The van der Waals surface area contributed by atoms with E-state index in [1.54, 1.807) is 29.0 Å². The Morgan fingerprint density at radius 2 is 1.84 bits per heavy atom. The molecule has 1 saturated heterocycles. The number of hydrogen-bond acceptors (Lipinski definition) is 10. The van der Waals surface area contributed by atoms with Gasteiger partial charge < -0.3 is 24.8 Å². The molecule has 38 heavy (non-hydrogen) atoms. The Balaban J connectivity index is 1.16. The maximum Gasteiger partial charge on any atom is 0.290 e. The highest BCUT2D eigenvalue weighted by atomic mass is 16.5. The van der Waals surface area contributed by atoms with Gasteiger partial charge in [0.15, 0.2) is 5.82 Å². The Morgan fingerprint density at radius 1 is 1.05 bits per heavy atom. The van der Waals surface area contributed by atoms with Crippen molar-refractivity contribution in [1.29, 1.82) is 0 Å². The van der Waals surface area contributed by atoms with E-state index < -0.39 is 17.6 Å². The number of nitrogens with zero attached hydrogens (tertiary/aromatic N) is 8. The Kier molecular flexibility index (Phi) is 6.14. The van der Waals surface area contributed by atoms with E-state index in [9.17, 15) is 9.59 Å². The maximum atomic E-state index is 13.5. The summed E-state index contributed by atoms with van der Waals surface area (Å²) in [5, 5.41) is 7.59. The second-order valence-corrected chi connectivity index (χ2v) is 9.42. The molecule has 1 amide bonds. The lowest BCUT2D eigenvalue weighted by molar-refractivity contribution is -0.146. The molecule has 196 valence electrons. The monoisotopic (exact) mass is 515 g/mol. The van der Waals surface area contributed by atoms with Crippen LogP contribution in [-0.2, 0) is 9.59 Å². The van der Waals surface area contributed by atoms with Crippen LogP contribution in [-0.4, -0.2) is 100 Å². The normalized spacial score (nSPS) is 18.7. The number of methoxy groups -OCH3 is 1. The third-order valence-electron chi connectivity index (χ3n) is 7.20. The van der Waals surface area contributed by atoms with Crippen molar-refractivity contribution < 1.29 is 14.3 Å². The predicted octanol–water partition coefficient (Wildman–Crippen LogP) is 1.08. The molecule has 2 aromatic heterocycles. The molecule has 12 heteroatoms. The van der Waals surface area contributed by atoms with Gasteiger partial charge in [0.1, 0.15) is 17.9 Å². The first-order valence-corrected chi connectivity index (χ1v) is 12.7. The van der Waals surface area contributed by atoms with Crippen molar-refractivity contribution in [3.8, 4) is 11.6 Å². The summed E-state index contributed by atoms with van der Waals surface area (Å²) in [6, 6.07) is 10.2. The minimum atomic E-state index is -0.676. The van der Waals surface area contributed by atoms with Crippen molar-refractivity contribution in [3.63, 3.8) is 0 Å². The van der Waals surface area contributed by atoms with Crippen molar-refractivity contribution in [1.82, 2.24) is 29.5 Å². The van der Waals surface area contributed by atoms with Gasteiger partial charge in [-0.25, -0.2) is 14.6 Å². The smallest absolute Gasteiger partial charge is 0.290 e. The average molecular weight is 516 g/mol. The van der Waals surface area contributed by atoms with Crippen LogP contribution in [0.4, 0.5) is 11.4 Å². The zero-order valence-electron chi connectivity index (χ0n) is 21.4. The number of guanidine groups is 1.